The number of carbonyl (C=O) groups excluding carboxylic acids is 1. The Morgan fingerprint density at radius 3 is 2.33 bits per heavy atom. The van der Waals surface area contributed by atoms with Gasteiger partial charge in [-0.2, -0.15) is 0 Å². The van der Waals surface area contributed by atoms with Crippen molar-refractivity contribution in [2.75, 3.05) is 7.11 Å². The summed E-state index contributed by atoms with van der Waals surface area (Å²) >= 11 is 0. The van der Waals surface area contributed by atoms with Gasteiger partial charge in [0.05, 0.1) is 7.11 Å². The Hall–Kier alpha value is -0.570. The first-order chi connectivity index (χ1) is 5.37. The van der Waals surface area contributed by atoms with Crippen molar-refractivity contribution in [3.05, 3.63) is 0 Å². The highest BCUT2D eigenvalue weighted by molar-refractivity contribution is 5.73. The summed E-state index contributed by atoms with van der Waals surface area (Å²) in [4.78, 5) is 10.9. The number of hydrogen-bond acceptors (Lipinski definition) is 2. The molecule has 3 N–H and O–H groups in total. The normalized spacial score (nSPS) is 14.1. The van der Waals surface area contributed by atoms with Crippen LogP contribution in [0.25, 0.3) is 0 Å². The van der Waals surface area contributed by atoms with Crippen molar-refractivity contribution in [1.29, 1.82) is 0 Å². The molecule has 0 spiro atoms. The van der Waals surface area contributed by atoms with Crippen LogP contribution in [0.1, 0.15) is 33.6 Å². The van der Waals surface area contributed by atoms with E-state index in [1.807, 2.05) is 0 Å². The molecule has 0 amide bonds. The van der Waals surface area contributed by atoms with Gasteiger partial charge in [-0.25, -0.2) is 4.79 Å². The van der Waals surface area contributed by atoms with Gasteiger partial charge in [0.25, 0.3) is 0 Å². The molecule has 0 saturated carbocycles. The average Bonchev–Trinajstić information content (AvgIpc) is 1.97. The molecule has 0 saturated heterocycles. The van der Waals surface area contributed by atoms with Crippen LogP contribution in [0.3, 0.4) is 0 Å². The SMILES string of the molecule is COC(=O)[C@@H]([NH3+])CCC(C)(C)C. The van der Waals surface area contributed by atoms with E-state index in [4.69, 9.17) is 0 Å². The summed E-state index contributed by atoms with van der Waals surface area (Å²) in [7, 11) is 1.40. The third-order valence-electron chi connectivity index (χ3n) is 1.78. The zero-order valence-corrected chi connectivity index (χ0v) is 8.52. The molecule has 0 fully saturated rings. The zero-order valence-electron chi connectivity index (χ0n) is 8.52. The van der Waals surface area contributed by atoms with Gasteiger partial charge in [-0.15, -0.1) is 0 Å². The van der Waals surface area contributed by atoms with Crippen molar-refractivity contribution in [3.8, 4) is 0 Å². The number of carbonyl (C=O) groups is 1. The van der Waals surface area contributed by atoms with Gasteiger partial charge in [-0.3, -0.25) is 0 Å². The number of quaternary nitrogens is 1. The van der Waals surface area contributed by atoms with Gasteiger partial charge in [0.2, 0.25) is 0 Å². The smallest absolute Gasteiger partial charge is 0.364 e. The van der Waals surface area contributed by atoms with Crippen LogP contribution in [0.2, 0.25) is 0 Å². The van der Waals surface area contributed by atoms with Crippen LogP contribution in [0.15, 0.2) is 0 Å². The topological polar surface area (TPSA) is 53.9 Å². The largest absolute Gasteiger partial charge is 0.465 e. The van der Waals surface area contributed by atoms with Crippen LogP contribution in [0.4, 0.5) is 0 Å². The summed E-state index contributed by atoms with van der Waals surface area (Å²) in [6, 6.07) is -0.214. The maximum absolute atomic E-state index is 10.9. The molecular weight excluding hydrogens is 154 g/mol. The minimum Gasteiger partial charge on any atom is -0.465 e. The second-order valence-corrected chi connectivity index (χ2v) is 4.32. The average molecular weight is 174 g/mol. The van der Waals surface area contributed by atoms with Crippen molar-refractivity contribution < 1.29 is 15.3 Å². The fourth-order valence-corrected chi connectivity index (χ4v) is 0.892. The van der Waals surface area contributed by atoms with E-state index in [1.165, 1.54) is 7.11 Å². The number of rotatable bonds is 3. The van der Waals surface area contributed by atoms with Crippen LogP contribution in [-0.4, -0.2) is 19.1 Å². The predicted molar refractivity (Wildman–Crippen MR) is 47.4 cm³/mol. The van der Waals surface area contributed by atoms with E-state index < -0.39 is 0 Å². The minimum atomic E-state index is -0.214. The van der Waals surface area contributed by atoms with Gasteiger partial charge in [0.15, 0.2) is 6.04 Å². The van der Waals surface area contributed by atoms with Crippen LogP contribution in [0.5, 0.6) is 0 Å². The highest BCUT2D eigenvalue weighted by Crippen LogP contribution is 2.20. The Morgan fingerprint density at radius 2 is 2.00 bits per heavy atom. The second-order valence-electron chi connectivity index (χ2n) is 4.32. The van der Waals surface area contributed by atoms with Crippen LogP contribution < -0.4 is 5.73 Å². The van der Waals surface area contributed by atoms with Gasteiger partial charge < -0.3 is 10.5 Å². The van der Waals surface area contributed by atoms with E-state index in [1.54, 1.807) is 0 Å². The molecule has 0 radical (unpaired) electrons. The molecule has 3 heteroatoms. The third kappa shape index (κ3) is 5.13. The van der Waals surface area contributed by atoms with Gasteiger partial charge >= 0.3 is 5.97 Å². The molecule has 72 valence electrons. The molecule has 0 aliphatic rings. The Balaban J connectivity index is 3.72. The van der Waals surface area contributed by atoms with E-state index in [9.17, 15) is 4.79 Å². The monoisotopic (exact) mass is 174 g/mol. The summed E-state index contributed by atoms with van der Waals surface area (Å²) in [6.07, 6.45) is 1.80. The van der Waals surface area contributed by atoms with Crippen molar-refractivity contribution in [1.82, 2.24) is 0 Å². The van der Waals surface area contributed by atoms with Gasteiger partial charge in [-0.1, -0.05) is 20.8 Å². The number of esters is 1. The summed E-state index contributed by atoms with van der Waals surface area (Å²) < 4.78 is 4.58. The molecule has 0 bridgehead atoms. The molecule has 0 heterocycles. The summed E-state index contributed by atoms with van der Waals surface area (Å²) in [6.45, 7) is 6.45. The Labute approximate surface area is 74.3 Å². The second kappa shape index (κ2) is 4.45. The first kappa shape index (κ1) is 11.4. The maximum atomic E-state index is 10.9. The molecule has 12 heavy (non-hydrogen) atoms. The first-order valence-electron chi connectivity index (χ1n) is 4.28. The lowest BCUT2D eigenvalue weighted by Gasteiger charge is -2.18. The minimum absolute atomic E-state index is 0.209. The van der Waals surface area contributed by atoms with E-state index in [2.05, 4.69) is 31.2 Å². The lowest BCUT2D eigenvalue weighted by molar-refractivity contribution is -0.410. The highest BCUT2D eigenvalue weighted by Gasteiger charge is 2.20. The highest BCUT2D eigenvalue weighted by atomic mass is 16.5. The van der Waals surface area contributed by atoms with Crippen molar-refractivity contribution in [2.24, 2.45) is 5.41 Å². The van der Waals surface area contributed by atoms with E-state index >= 15 is 0 Å². The molecule has 0 rings (SSSR count). The Bertz CT molecular complexity index is 149. The molecule has 3 nitrogen and oxygen atoms in total. The van der Waals surface area contributed by atoms with Crippen LogP contribution in [-0.2, 0) is 9.53 Å². The first-order valence-corrected chi connectivity index (χ1v) is 4.28. The fraction of sp³-hybridized carbons (Fsp3) is 0.889. The van der Waals surface area contributed by atoms with Crippen molar-refractivity contribution in [3.63, 3.8) is 0 Å². The Kier molecular flexibility index (Phi) is 4.24. The van der Waals surface area contributed by atoms with Crippen LogP contribution >= 0.6 is 0 Å². The molecular formula is C9H20NO2+. The molecule has 0 aliphatic carbocycles. The van der Waals surface area contributed by atoms with Gasteiger partial charge in [-0.05, 0) is 11.8 Å². The molecule has 0 aliphatic heterocycles. The summed E-state index contributed by atoms with van der Waals surface area (Å²) in [5.74, 6) is -0.209. The number of hydrogen-bond donors (Lipinski definition) is 1. The van der Waals surface area contributed by atoms with E-state index in [-0.39, 0.29) is 17.4 Å². The van der Waals surface area contributed by atoms with E-state index in [0.29, 0.717) is 0 Å². The fourth-order valence-electron chi connectivity index (χ4n) is 0.892. The molecule has 0 aromatic carbocycles. The maximum Gasteiger partial charge on any atom is 0.364 e. The van der Waals surface area contributed by atoms with Gasteiger partial charge in [0.1, 0.15) is 0 Å². The quantitative estimate of drug-likeness (QED) is 0.637. The molecule has 1 atom stereocenters. The van der Waals surface area contributed by atoms with Crippen LogP contribution in [0, 0.1) is 5.41 Å². The van der Waals surface area contributed by atoms with E-state index in [0.717, 1.165) is 12.8 Å². The summed E-state index contributed by atoms with van der Waals surface area (Å²) in [5, 5.41) is 0. The number of ether oxygens (including phenoxy) is 1. The molecule has 0 aromatic heterocycles. The number of methoxy groups -OCH3 is 1. The van der Waals surface area contributed by atoms with Gasteiger partial charge in [0, 0.05) is 6.42 Å². The lowest BCUT2D eigenvalue weighted by atomic mass is 9.89. The third-order valence-corrected chi connectivity index (χ3v) is 1.78. The zero-order chi connectivity index (χ0) is 9.78. The van der Waals surface area contributed by atoms with Crippen molar-refractivity contribution >= 4 is 5.97 Å². The van der Waals surface area contributed by atoms with Crippen molar-refractivity contribution in [2.45, 2.75) is 39.7 Å². The Morgan fingerprint density at radius 1 is 1.50 bits per heavy atom. The predicted octanol–water partition coefficient (Wildman–Crippen LogP) is 0.596. The standard InChI is InChI=1S/C9H19NO2/c1-9(2,3)6-5-7(10)8(11)12-4/h7H,5-6,10H2,1-4H3/p+1/t7-/m0/s1. The molecule has 0 unspecified atom stereocenters. The lowest BCUT2D eigenvalue weighted by Crippen LogP contribution is -2.65. The molecule has 0 aromatic rings. The summed E-state index contributed by atoms with van der Waals surface area (Å²) in [5.41, 5.74) is 4.01.